The minimum atomic E-state index is -0.732. The van der Waals surface area contributed by atoms with Crippen molar-refractivity contribution in [2.45, 2.75) is 45.8 Å². The van der Waals surface area contributed by atoms with E-state index in [2.05, 4.69) is 9.97 Å². The van der Waals surface area contributed by atoms with Crippen molar-refractivity contribution in [1.29, 1.82) is 0 Å². The number of carbonyl (C=O) groups is 1. The molecule has 226 valence electrons. The highest BCUT2D eigenvalue weighted by atomic mass is 35.5. The summed E-state index contributed by atoms with van der Waals surface area (Å²) in [5, 5.41) is 20.7. The number of amides is 1. The summed E-state index contributed by atoms with van der Waals surface area (Å²) in [6.07, 6.45) is -0.156. The number of benzene rings is 2. The Labute approximate surface area is 252 Å². The number of nitrogens with zero attached hydrogens (tertiary/aromatic N) is 5. The standard InChI is InChI=1S/C31H33ClFN5O5/c1-18-17-36(30(42)43-31(2,3)4)13-14-37(18)27-20-16-21(32)26(25-22(33)9-7-11-24(25)40)34-28(20)38(29(41)35-27)23-10-6-5-8-19(23)12-15-39/h5-11,16,18,39-40H,12-15,17H2,1-4H3/t18-/m0/s1. The number of aliphatic hydroxyl groups is 1. The third-order valence-corrected chi connectivity index (χ3v) is 7.48. The van der Waals surface area contributed by atoms with Crippen LogP contribution in [-0.4, -0.2) is 73.6 Å². The molecule has 0 saturated carbocycles. The maximum absolute atomic E-state index is 15.0. The second-order valence-electron chi connectivity index (χ2n) is 11.4. The number of ether oxygens (including phenoxy) is 1. The molecule has 0 radical (unpaired) electrons. The lowest BCUT2D eigenvalue weighted by molar-refractivity contribution is 0.0218. The molecule has 43 heavy (non-hydrogen) atoms. The number of hydrogen-bond donors (Lipinski definition) is 2. The van der Waals surface area contributed by atoms with Crippen LogP contribution in [0.25, 0.3) is 28.0 Å². The number of fused-ring (bicyclic) bond motifs is 1. The van der Waals surface area contributed by atoms with E-state index in [-0.39, 0.29) is 46.7 Å². The fraction of sp³-hybridized carbons (Fsp3) is 0.355. The van der Waals surface area contributed by atoms with E-state index in [0.717, 1.165) is 0 Å². The molecule has 2 N–H and O–H groups in total. The summed E-state index contributed by atoms with van der Waals surface area (Å²) in [6.45, 7) is 8.17. The SMILES string of the molecule is C[C@H]1CN(C(=O)OC(C)(C)C)CCN1c1nc(=O)n(-c2ccccc2CCO)c2nc(-c3c(O)cccc3F)c(Cl)cc12. The summed E-state index contributed by atoms with van der Waals surface area (Å²) >= 11 is 6.70. The molecule has 0 unspecified atom stereocenters. The quantitative estimate of drug-likeness (QED) is 0.327. The molecular weight excluding hydrogens is 577 g/mol. The van der Waals surface area contributed by atoms with Gasteiger partial charge in [-0.3, -0.25) is 0 Å². The number of aliphatic hydroxyl groups excluding tert-OH is 1. The Morgan fingerprint density at radius 3 is 2.56 bits per heavy atom. The largest absolute Gasteiger partial charge is 0.507 e. The van der Waals surface area contributed by atoms with Crippen LogP contribution in [0.5, 0.6) is 5.75 Å². The molecule has 1 atom stereocenters. The molecule has 1 aliphatic heterocycles. The van der Waals surface area contributed by atoms with Crippen molar-refractivity contribution in [3.8, 4) is 22.7 Å². The number of pyridine rings is 1. The first kappa shape index (κ1) is 30.2. The van der Waals surface area contributed by atoms with Gasteiger partial charge in [0.1, 0.15) is 23.0 Å². The van der Waals surface area contributed by atoms with Crippen LogP contribution >= 0.6 is 11.6 Å². The van der Waals surface area contributed by atoms with Gasteiger partial charge >= 0.3 is 11.8 Å². The molecule has 12 heteroatoms. The van der Waals surface area contributed by atoms with Crippen molar-refractivity contribution in [1.82, 2.24) is 19.4 Å². The van der Waals surface area contributed by atoms with Crippen molar-refractivity contribution >= 4 is 34.5 Å². The Morgan fingerprint density at radius 1 is 1.14 bits per heavy atom. The molecule has 2 aromatic heterocycles. The molecule has 2 aromatic carbocycles. The van der Waals surface area contributed by atoms with E-state index in [1.165, 1.54) is 22.8 Å². The Kier molecular flexibility index (Phi) is 8.31. The molecule has 0 aliphatic carbocycles. The summed E-state index contributed by atoms with van der Waals surface area (Å²) in [4.78, 5) is 39.3. The fourth-order valence-corrected chi connectivity index (χ4v) is 5.54. The molecule has 5 rings (SSSR count). The zero-order chi connectivity index (χ0) is 31.1. The number of aromatic nitrogens is 3. The molecule has 1 aliphatic rings. The zero-order valence-electron chi connectivity index (χ0n) is 24.3. The smallest absolute Gasteiger partial charge is 0.410 e. The van der Waals surface area contributed by atoms with Crippen LogP contribution in [0.1, 0.15) is 33.3 Å². The van der Waals surface area contributed by atoms with Crippen LogP contribution in [0, 0.1) is 5.82 Å². The van der Waals surface area contributed by atoms with Gasteiger partial charge in [-0.2, -0.15) is 4.98 Å². The third-order valence-electron chi connectivity index (χ3n) is 7.19. The van der Waals surface area contributed by atoms with Crippen LogP contribution in [0.3, 0.4) is 0 Å². The minimum absolute atomic E-state index is 0.0440. The number of para-hydroxylation sites is 1. The first-order chi connectivity index (χ1) is 20.4. The Morgan fingerprint density at radius 2 is 1.88 bits per heavy atom. The van der Waals surface area contributed by atoms with Gasteiger partial charge in [0.15, 0.2) is 5.65 Å². The number of anilines is 1. The second kappa shape index (κ2) is 11.8. The van der Waals surface area contributed by atoms with Gasteiger partial charge in [-0.05, 0) is 63.9 Å². The topological polar surface area (TPSA) is 121 Å². The lowest BCUT2D eigenvalue weighted by Gasteiger charge is -2.41. The predicted octanol–water partition coefficient (Wildman–Crippen LogP) is 4.93. The Balaban J connectivity index is 1.70. The first-order valence-corrected chi connectivity index (χ1v) is 14.3. The van der Waals surface area contributed by atoms with Crippen LogP contribution in [-0.2, 0) is 11.2 Å². The molecule has 4 aromatic rings. The van der Waals surface area contributed by atoms with Gasteiger partial charge in [-0.1, -0.05) is 35.9 Å². The number of halogens is 2. The number of phenols is 1. The van der Waals surface area contributed by atoms with Gasteiger partial charge in [-0.25, -0.2) is 23.5 Å². The van der Waals surface area contributed by atoms with Crippen molar-refractivity contribution in [3.63, 3.8) is 0 Å². The number of phenolic OH excluding ortho intramolecular Hbond substituents is 1. The lowest BCUT2D eigenvalue weighted by Crippen LogP contribution is -2.55. The van der Waals surface area contributed by atoms with Crippen molar-refractivity contribution in [2.75, 3.05) is 31.1 Å². The van der Waals surface area contributed by atoms with Gasteiger partial charge < -0.3 is 24.7 Å². The molecule has 0 spiro atoms. The number of rotatable bonds is 5. The summed E-state index contributed by atoms with van der Waals surface area (Å²) in [5.41, 5.74) is -0.260. The zero-order valence-corrected chi connectivity index (χ0v) is 25.1. The van der Waals surface area contributed by atoms with E-state index in [9.17, 15) is 24.2 Å². The normalized spacial score (nSPS) is 15.7. The van der Waals surface area contributed by atoms with Crippen molar-refractivity contribution < 1.29 is 24.1 Å². The van der Waals surface area contributed by atoms with E-state index < -0.39 is 23.2 Å². The first-order valence-electron chi connectivity index (χ1n) is 13.9. The highest BCUT2D eigenvalue weighted by Crippen LogP contribution is 2.38. The number of aromatic hydroxyl groups is 1. The highest BCUT2D eigenvalue weighted by molar-refractivity contribution is 6.34. The van der Waals surface area contributed by atoms with E-state index >= 15 is 0 Å². The van der Waals surface area contributed by atoms with Gasteiger partial charge in [0.25, 0.3) is 0 Å². The average Bonchev–Trinajstić information content (AvgIpc) is 2.93. The molecule has 1 saturated heterocycles. The number of hydrogen-bond acceptors (Lipinski definition) is 8. The Hall–Kier alpha value is -4.22. The highest BCUT2D eigenvalue weighted by Gasteiger charge is 2.32. The maximum atomic E-state index is 15.0. The van der Waals surface area contributed by atoms with Crippen LogP contribution in [0.2, 0.25) is 5.02 Å². The molecular formula is C31H33ClFN5O5. The van der Waals surface area contributed by atoms with Crippen molar-refractivity contribution in [3.05, 3.63) is 75.4 Å². The fourth-order valence-electron chi connectivity index (χ4n) is 5.29. The number of piperazine rings is 1. The van der Waals surface area contributed by atoms with E-state index in [1.807, 2.05) is 11.8 Å². The summed E-state index contributed by atoms with van der Waals surface area (Å²) in [6, 6.07) is 12.2. The lowest BCUT2D eigenvalue weighted by atomic mass is 10.1. The summed E-state index contributed by atoms with van der Waals surface area (Å²) < 4.78 is 21.8. The molecule has 1 fully saturated rings. The predicted molar refractivity (Wildman–Crippen MR) is 163 cm³/mol. The van der Waals surface area contributed by atoms with Gasteiger partial charge in [0, 0.05) is 32.3 Å². The van der Waals surface area contributed by atoms with Gasteiger partial charge in [-0.15, -0.1) is 0 Å². The second-order valence-corrected chi connectivity index (χ2v) is 11.9. The monoisotopic (exact) mass is 609 g/mol. The number of carbonyl (C=O) groups excluding carboxylic acids is 1. The van der Waals surface area contributed by atoms with E-state index in [1.54, 1.807) is 56.0 Å². The van der Waals surface area contributed by atoms with E-state index in [0.29, 0.717) is 42.1 Å². The van der Waals surface area contributed by atoms with Crippen LogP contribution < -0.4 is 10.6 Å². The van der Waals surface area contributed by atoms with Gasteiger partial charge in [0.05, 0.1) is 27.4 Å². The molecule has 3 heterocycles. The van der Waals surface area contributed by atoms with Crippen molar-refractivity contribution in [2.24, 2.45) is 0 Å². The van der Waals surface area contributed by atoms with Gasteiger partial charge in [0.2, 0.25) is 0 Å². The maximum Gasteiger partial charge on any atom is 0.410 e. The molecule has 10 nitrogen and oxygen atoms in total. The molecule has 0 bridgehead atoms. The van der Waals surface area contributed by atoms with E-state index in [4.69, 9.17) is 16.3 Å². The third kappa shape index (κ3) is 6.00. The average molecular weight is 610 g/mol. The Bertz CT molecular complexity index is 1740. The summed E-state index contributed by atoms with van der Waals surface area (Å²) in [7, 11) is 0. The van der Waals surface area contributed by atoms with Crippen LogP contribution in [0.15, 0.2) is 53.3 Å². The molecule has 1 amide bonds. The summed E-state index contributed by atoms with van der Waals surface area (Å²) in [5.74, 6) is -0.778. The minimum Gasteiger partial charge on any atom is -0.507 e. The van der Waals surface area contributed by atoms with Crippen LogP contribution in [0.4, 0.5) is 15.0 Å².